The Bertz CT molecular complexity index is 258. The van der Waals surface area contributed by atoms with Gasteiger partial charge in [-0.2, -0.15) is 0 Å². The number of aliphatic hydroxyl groups excluding tert-OH is 1. The lowest BCUT2D eigenvalue weighted by Gasteiger charge is -2.10. The largest absolute Gasteiger partial charge is 0.465 e. The zero-order valence-electron chi connectivity index (χ0n) is 8.92. The second kappa shape index (κ2) is 5.83. The van der Waals surface area contributed by atoms with Crippen LogP contribution in [0.15, 0.2) is 16.5 Å². The smallest absolute Gasteiger partial charge is 0.120 e. The Labute approximate surface area is 85.1 Å². The fourth-order valence-corrected chi connectivity index (χ4v) is 1.34. The Morgan fingerprint density at radius 3 is 2.79 bits per heavy atom. The monoisotopic (exact) mass is 197 g/mol. The molecule has 1 aromatic heterocycles. The second-order valence-corrected chi connectivity index (χ2v) is 3.55. The molecule has 3 heteroatoms. The van der Waals surface area contributed by atoms with Gasteiger partial charge >= 0.3 is 0 Å². The maximum atomic E-state index is 8.61. The fourth-order valence-electron chi connectivity index (χ4n) is 1.34. The van der Waals surface area contributed by atoms with E-state index in [-0.39, 0.29) is 12.6 Å². The first kappa shape index (κ1) is 11.3. The highest BCUT2D eigenvalue weighted by Gasteiger charge is 2.07. The molecule has 1 unspecified atom stereocenters. The van der Waals surface area contributed by atoms with Gasteiger partial charge in [0.05, 0.1) is 6.04 Å². The van der Waals surface area contributed by atoms with Crippen molar-refractivity contribution in [2.75, 3.05) is 13.2 Å². The van der Waals surface area contributed by atoms with Gasteiger partial charge in [-0.15, -0.1) is 0 Å². The lowest BCUT2D eigenvalue weighted by Crippen LogP contribution is -2.19. The predicted molar refractivity (Wildman–Crippen MR) is 56.2 cm³/mol. The second-order valence-electron chi connectivity index (χ2n) is 3.55. The van der Waals surface area contributed by atoms with Crippen LogP contribution in [-0.2, 0) is 0 Å². The van der Waals surface area contributed by atoms with E-state index in [9.17, 15) is 0 Å². The summed E-state index contributed by atoms with van der Waals surface area (Å²) in [6.07, 6.45) is 1.86. The Hall–Kier alpha value is -0.800. The molecule has 80 valence electrons. The van der Waals surface area contributed by atoms with E-state index in [0.29, 0.717) is 0 Å². The standard InChI is InChI=1S/C11H19NO2/c1-9-5-6-11(14-9)10(2)12-7-3-4-8-13/h5-6,10,12-13H,3-4,7-8H2,1-2H3. The van der Waals surface area contributed by atoms with Crippen LogP contribution in [0.3, 0.4) is 0 Å². The van der Waals surface area contributed by atoms with Gasteiger partial charge < -0.3 is 14.8 Å². The number of furan rings is 1. The van der Waals surface area contributed by atoms with Crippen LogP contribution in [0.4, 0.5) is 0 Å². The first-order chi connectivity index (χ1) is 6.74. The Morgan fingerprint density at radius 2 is 2.21 bits per heavy atom. The highest BCUT2D eigenvalue weighted by molar-refractivity contribution is 5.08. The molecule has 0 aliphatic rings. The van der Waals surface area contributed by atoms with Crippen molar-refractivity contribution in [1.82, 2.24) is 5.32 Å². The summed E-state index contributed by atoms with van der Waals surface area (Å²) in [5.41, 5.74) is 0. The van der Waals surface area contributed by atoms with Crippen molar-refractivity contribution in [3.05, 3.63) is 23.7 Å². The van der Waals surface area contributed by atoms with Crippen molar-refractivity contribution < 1.29 is 9.52 Å². The summed E-state index contributed by atoms with van der Waals surface area (Å²) >= 11 is 0. The van der Waals surface area contributed by atoms with Gasteiger partial charge in [-0.1, -0.05) is 0 Å². The maximum Gasteiger partial charge on any atom is 0.120 e. The van der Waals surface area contributed by atoms with Gasteiger partial charge in [0, 0.05) is 6.61 Å². The summed E-state index contributed by atoms with van der Waals surface area (Å²) in [6, 6.07) is 4.22. The number of aliphatic hydroxyl groups is 1. The molecule has 0 aromatic carbocycles. The van der Waals surface area contributed by atoms with Gasteiger partial charge in [-0.05, 0) is 45.4 Å². The molecule has 0 fully saturated rings. The van der Waals surface area contributed by atoms with Gasteiger partial charge in [0.1, 0.15) is 11.5 Å². The third kappa shape index (κ3) is 3.52. The summed E-state index contributed by atoms with van der Waals surface area (Å²) in [5.74, 6) is 1.93. The van der Waals surface area contributed by atoms with Gasteiger partial charge in [0.15, 0.2) is 0 Å². The molecule has 0 amide bonds. The van der Waals surface area contributed by atoms with Crippen molar-refractivity contribution in [3.63, 3.8) is 0 Å². The summed E-state index contributed by atoms with van der Waals surface area (Å²) in [5, 5.41) is 11.9. The van der Waals surface area contributed by atoms with E-state index in [2.05, 4.69) is 12.2 Å². The molecule has 2 N–H and O–H groups in total. The highest BCUT2D eigenvalue weighted by atomic mass is 16.3. The molecule has 1 rings (SSSR count). The molecule has 1 atom stereocenters. The third-order valence-electron chi connectivity index (χ3n) is 2.22. The lowest BCUT2D eigenvalue weighted by molar-refractivity contribution is 0.282. The van der Waals surface area contributed by atoms with E-state index in [1.807, 2.05) is 19.1 Å². The normalized spacial score (nSPS) is 13.1. The minimum atomic E-state index is 0.252. The summed E-state index contributed by atoms with van der Waals surface area (Å²) in [6.45, 7) is 5.22. The Balaban J connectivity index is 2.25. The number of nitrogens with one attached hydrogen (secondary N) is 1. The van der Waals surface area contributed by atoms with E-state index in [1.54, 1.807) is 0 Å². The SMILES string of the molecule is Cc1ccc(C(C)NCCCCO)o1. The number of unbranched alkanes of at least 4 members (excludes halogenated alkanes) is 1. The van der Waals surface area contributed by atoms with Gasteiger partial charge in [-0.3, -0.25) is 0 Å². The third-order valence-corrected chi connectivity index (χ3v) is 2.22. The number of hydrogen-bond acceptors (Lipinski definition) is 3. The molecular weight excluding hydrogens is 178 g/mol. The van der Waals surface area contributed by atoms with E-state index in [1.165, 1.54) is 0 Å². The molecule has 0 spiro atoms. The average molecular weight is 197 g/mol. The molecule has 0 radical (unpaired) electrons. The fraction of sp³-hybridized carbons (Fsp3) is 0.636. The average Bonchev–Trinajstić information content (AvgIpc) is 2.59. The van der Waals surface area contributed by atoms with Crippen LogP contribution in [0.5, 0.6) is 0 Å². The first-order valence-electron chi connectivity index (χ1n) is 5.14. The number of hydrogen-bond donors (Lipinski definition) is 2. The topological polar surface area (TPSA) is 45.4 Å². The summed E-state index contributed by atoms with van der Waals surface area (Å²) in [4.78, 5) is 0. The molecule has 14 heavy (non-hydrogen) atoms. The zero-order chi connectivity index (χ0) is 10.4. The quantitative estimate of drug-likeness (QED) is 0.686. The first-order valence-corrected chi connectivity index (χ1v) is 5.14. The lowest BCUT2D eigenvalue weighted by atomic mass is 10.2. The molecule has 0 saturated heterocycles. The molecular formula is C11H19NO2. The van der Waals surface area contributed by atoms with Crippen molar-refractivity contribution in [3.8, 4) is 0 Å². The van der Waals surface area contributed by atoms with Gasteiger partial charge in [0.25, 0.3) is 0 Å². The zero-order valence-corrected chi connectivity index (χ0v) is 8.92. The van der Waals surface area contributed by atoms with Crippen LogP contribution in [0, 0.1) is 6.92 Å². The van der Waals surface area contributed by atoms with Crippen LogP contribution in [-0.4, -0.2) is 18.3 Å². The highest BCUT2D eigenvalue weighted by Crippen LogP contribution is 2.15. The van der Waals surface area contributed by atoms with Crippen LogP contribution < -0.4 is 5.32 Å². The van der Waals surface area contributed by atoms with Crippen molar-refractivity contribution in [2.45, 2.75) is 32.7 Å². The minimum Gasteiger partial charge on any atom is -0.465 e. The minimum absolute atomic E-state index is 0.252. The molecule has 1 heterocycles. The maximum absolute atomic E-state index is 8.61. The van der Waals surface area contributed by atoms with Crippen LogP contribution in [0.1, 0.15) is 37.3 Å². The summed E-state index contributed by atoms with van der Waals surface area (Å²) in [7, 11) is 0. The van der Waals surface area contributed by atoms with Crippen molar-refractivity contribution in [1.29, 1.82) is 0 Å². The van der Waals surface area contributed by atoms with Crippen molar-refractivity contribution >= 4 is 0 Å². The van der Waals surface area contributed by atoms with E-state index < -0.39 is 0 Å². The molecule has 3 nitrogen and oxygen atoms in total. The molecule has 1 aromatic rings. The van der Waals surface area contributed by atoms with E-state index >= 15 is 0 Å². The van der Waals surface area contributed by atoms with Gasteiger partial charge in [-0.25, -0.2) is 0 Å². The Kier molecular flexibility index (Phi) is 4.70. The van der Waals surface area contributed by atoms with Crippen LogP contribution >= 0.6 is 0 Å². The molecule has 0 saturated carbocycles. The molecule has 0 aliphatic carbocycles. The van der Waals surface area contributed by atoms with E-state index in [4.69, 9.17) is 9.52 Å². The van der Waals surface area contributed by atoms with Crippen molar-refractivity contribution in [2.24, 2.45) is 0 Å². The van der Waals surface area contributed by atoms with E-state index in [0.717, 1.165) is 30.9 Å². The Morgan fingerprint density at radius 1 is 1.43 bits per heavy atom. The van der Waals surface area contributed by atoms with Crippen LogP contribution in [0.25, 0.3) is 0 Å². The summed E-state index contributed by atoms with van der Waals surface area (Å²) < 4.78 is 5.49. The predicted octanol–water partition coefficient (Wildman–Crippen LogP) is 2.01. The van der Waals surface area contributed by atoms with Gasteiger partial charge in [0.2, 0.25) is 0 Å². The number of aryl methyl sites for hydroxylation is 1. The van der Waals surface area contributed by atoms with Crippen LogP contribution in [0.2, 0.25) is 0 Å². The molecule has 0 aliphatic heterocycles. The number of rotatable bonds is 6. The molecule has 0 bridgehead atoms.